The molecule has 0 aromatic heterocycles. The number of methoxy groups -OCH3 is 1. The molecule has 2 aliphatic rings. The molecule has 9 heteroatoms. The van der Waals surface area contributed by atoms with E-state index in [0.29, 0.717) is 43.5 Å². The summed E-state index contributed by atoms with van der Waals surface area (Å²) >= 11 is 0. The zero-order valence-electron chi connectivity index (χ0n) is 17.9. The average Bonchev–Trinajstić information content (AvgIpc) is 2.76. The highest BCUT2D eigenvalue weighted by Crippen LogP contribution is 2.24. The third kappa shape index (κ3) is 6.16. The van der Waals surface area contributed by atoms with E-state index < -0.39 is 10.0 Å². The maximum atomic E-state index is 12.5. The summed E-state index contributed by atoms with van der Waals surface area (Å²) in [5, 5.41) is 3.00. The van der Waals surface area contributed by atoms with E-state index in [1.54, 1.807) is 35.7 Å². The number of ether oxygens (including phenoxy) is 2. The molecule has 1 unspecified atom stereocenters. The van der Waals surface area contributed by atoms with Crippen LogP contribution in [0.4, 0.5) is 0 Å². The Bertz CT molecular complexity index is 811. The number of hydrogen-bond acceptors (Lipinski definition) is 6. The minimum atomic E-state index is -3.20. The van der Waals surface area contributed by atoms with E-state index in [4.69, 9.17) is 9.47 Å². The van der Waals surface area contributed by atoms with Crippen molar-refractivity contribution in [3.8, 4) is 5.75 Å². The van der Waals surface area contributed by atoms with E-state index in [9.17, 15) is 13.2 Å². The van der Waals surface area contributed by atoms with Gasteiger partial charge < -0.3 is 14.8 Å². The molecule has 2 heterocycles. The molecule has 3 rings (SSSR count). The van der Waals surface area contributed by atoms with E-state index in [2.05, 4.69) is 10.2 Å². The first-order chi connectivity index (χ1) is 14.4. The van der Waals surface area contributed by atoms with Crippen LogP contribution in [0.2, 0.25) is 0 Å². The SMILES string of the molecule is COc1cccc(C(=O)NCCN(C2CCOCC2)C2CCCN(S(C)(=O)=O)C2)c1. The monoisotopic (exact) mass is 439 g/mol. The summed E-state index contributed by atoms with van der Waals surface area (Å²) in [4.78, 5) is 14.9. The summed E-state index contributed by atoms with van der Waals surface area (Å²) in [6.45, 7) is 3.73. The third-order valence-corrected chi connectivity index (χ3v) is 7.21. The summed E-state index contributed by atoms with van der Waals surface area (Å²) < 4.78 is 36.4. The van der Waals surface area contributed by atoms with Crippen LogP contribution < -0.4 is 10.1 Å². The fourth-order valence-corrected chi connectivity index (χ4v) is 5.24. The Morgan fingerprint density at radius 1 is 1.27 bits per heavy atom. The molecular weight excluding hydrogens is 406 g/mol. The smallest absolute Gasteiger partial charge is 0.251 e. The van der Waals surface area contributed by atoms with Crippen molar-refractivity contribution in [3.05, 3.63) is 29.8 Å². The summed E-state index contributed by atoms with van der Waals surface area (Å²) in [5.74, 6) is 0.511. The normalized spacial score (nSPS) is 21.5. The van der Waals surface area contributed by atoms with Crippen molar-refractivity contribution < 1.29 is 22.7 Å². The van der Waals surface area contributed by atoms with Crippen molar-refractivity contribution in [2.45, 2.75) is 37.8 Å². The third-order valence-electron chi connectivity index (χ3n) is 5.94. The van der Waals surface area contributed by atoms with Gasteiger partial charge in [-0.3, -0.25) is 9.69 Å². The minimum Gasteiger partial charge on any atom is -0.497 e. The zero-order valence-corrected chi connectivity index (χ0v) is 18.7. The lowest BCUT2D eigenvalue weighted by Gasteiger charge is -2.43. The lowest BCUT2D eigenvalue weighted by Crippen LogP contribution is -2.55. The van der Waals surface area contributed by atoms with Crippen molar-refractivity contribution in [2.75, 3.05) is 52.8 Å². The number of carbonyl (C=O) groups excluding carboxylic acids is 1. The van der Waals surface area contributed by atoms with E-state index in [1.165, 1.54) is 6.26 Å². The molecule has 1 aromatic carbocycles. The number of nitrogens with one attached hydrogen (secondary N) is 1. The molecule has 0 saturated carbocycles. The summed E-state index contributed by atoms with van der Waals surface area (Å²) in [6, 6.07) is 7.59. The molecule has 2 aliphatic heterocycles. The lowest BCUT2D eigenvalue weighted by atomic mass is 9.99. The van der Waals surface area contributed by atoms with Crippen LogP contribution in [0.5, 0.6) is 5.75 Å². The van der Waals surface area contributed by atoms with Gasteiger partial charge in [-0.05, 0) is 43.9 Å². The minimum absolute atomic E-state index is 0.137. The molecule has 1 N–H and O–H groups in total. The van der Waals surface area contributed by atoms with Gasteiger partial charge in [0.2, 0.25) is 10.0 Å². The predicted octanol–water partition coefficient (Wildman–Crippen LogP) is 1.33. The van der Waals surface area contributed by atoms with Crippen LogP contribution in [0.15, 0.2) is 24.3 Å². The molecule has 0 bridgehead atoms. The van der Waals surface area contributed by atoms with Gasteiger partial charge in [0.1, 0.15) is 5.75 Å². The van der Waals surface area contributed by atoms with Gasteiger partial charge in [0.25, 0.3) is 5.91 Å². The molecule has 2 fully saturated rings. The molecule has 168 valence electrons. The van der Waals surface area contributed by atoms with Crippen molar-refractivity contribution in [3.63, 3.8) is 0 Å². The molecule has 0 aliphatic carbocycles. The van der Waals surface area contributed by atoms with Gasteiger partial charge in [0.05, 0.1) is 13.4 Å². The van der Waals surface area contributed by atoms with Crippen molar-refractivity contribution in [2.24, 2.45) is 0 Å². The quantitative estimate of drug-likeness (QED) is 0.658. The fraction of sp³-hybridized carbons (Fsp3) is 0.667. The van der Waals surface area contributed by atoms with Crippen LogP contribution in [0, 0.1) is 0 Å². The number of carbonyl (C=O) groups is 1. The van der Waals surface area contributed by atoms with Crippen LogP contribution >= 0.6 is 0 Å². The molecule has 30 heavy (non-hydrogen) atoms. The Morgan fingerprint density at radius 3 is 2.73 bits per heavy atom. The van der Waals surface area contributed by atoms with Crippen LogP contribution in [-0.4, -0.2) is 88.4 Å². The summed E-state index contributed by atoms with van der Waals surface area (Å²) in [5.41, 5.74) is 0.563. The first-order valence-electron chi connectivity index (χ1n) is 10.6. The van der Waals surface area contributed by atoms with Gasteiger partial charge in [0, 0.05) is 57.0 Å². The maximum Gasteiger partial charge on any atom is 0.251 e. The predicted molar refractivity (Wildman–Crippen MR) is 115 cm³/mol. The lowest BCUT2D eigenvalue weighted by molar-refractivity contribution is 0.00673. The van der Waals surface area contributed by atoms with Gasteiger partial charge in [-0.15, -0.1) is 0 Å². The number of benzene rings is 1. The zero-order chi connectivity index (χ0) is 21.6. The average molecular weight is 440 g/mol. The molecule has 0 spiro atoms. The summed E-state index contributed by atoms with van der Waals surface area (Å²) in [7, 11) is -1.62. The Labute approximate surface area is 179 Å². The van der Waals surface area contributed by atoms with Crippen LogP contribution in [0.25, 0.3) is 0 Å². The van der Waals surface area contributed by atoms with Crippen molar-refractivity contribution in [1.29, 1.82) is 0 Å². The topological polar surface area (TPSA) is 88.2 Å². The van der Waals surface area contributed by atoms with E-state index in [0.717, 1.165) is 38.9 Å². The standard InChI is InChI=1S/C21H33N3O5S/c1-28-20-7-3-5-17(15-20)21(25)22-10-12-24(18-8-13-29-14-9-18)19-6-4-11-23(16-19)30(2,26)27/h3,5,7,15,18-19H,4,6,8-14,16H2,1-2H3,(H,22,25). The second-order valence-electron chi connectivity index (χ2n) is 7.99. The fourth-order valence-electron chi connectivity index (χ4n) is 4.34. The van der Waals surface area contributed by atoms with Gasteiger partial charge in [-0.2, -0.15) is 0 Å². The molecule has 1 amide bonds. The molecular formula is C21H33N3O5S. The number of nitrogens with zero attached hydrogens (tertiary/aromatic N) is 2. The van der Waals surface area contributed by atoms with Crippen LogP contribution in [-0.2, 0) is 14.8 Å². The largest absolute Gasteiger partial charge is 0.497 e. The van der Waals surface area contributed by atoms with Gasteiger partial charge in [0.15, 0.2) is 0 Å². The molecule has 2 saturated heterocycles. The number of hydrogen-bond donors (Lipinski definition) is 1. The van der Waals surface area contributed by atoms with E-state index in [-0.39, 0.29) is 11.9 Å². The second-order valence-corrected chi connectivity index (χ2v) is 9.97. The molecule has 8 nitrogen and oxygen atoms in total. The second kappa shape index (κ2) is 10.6. The highest BCUT2D eigenvalue weighted by molar-refractivity contribution is 7.88. The molecule has 0 radical (unpaired) electrons. The van der Waals surface area contributed by atoms with E-state index in [1.807, 2.05) is 0 Å². The van der Waals surface area contributed by atoms with Gasteiger partial charge in [-0.25, -0.2) is 12.7 Å². The Morgan fingerprint density at radius 2 is 2.03 bits per heavy atom. The van der Waals surface area contributed by atoms with Crippen LogP contribution in [0.1, 0.15) is 36.0 Å². The van der Waals surface area contributed by atoms with Crippen molar-refractivity contribution in [1.82, 2.24) is 14.5 Å². The number of piperidine rings is 1. The summed E-state index contributed by atoms with van der Waals surface area (Å²) in [6.07, 6.45) is 4.96. The Kier molecular flexibility index (Phi) is 8.10. The number of amides is 1. The molecule has 1 atom stereocenters. The van der Waals surface area contributed by atoms with Gasteiger partial charge in [-0.1, -0.05) is 6.07 Å². The maximum absolute atomic E-state index is 12.5. The number of sulfonamides is 1. The first kappa shape index (κ1) is 23.0. The number of rotatable bonds is 8. The van der Waals surface area contributed by atoms with E-state index >= 15 is 0 Å². The molecule has 1 aromatic rings. The highest BCUT2D eigenvalue weighted by Gasteiger charge is 2.33. The first-order valence-corrected chi connectivity index (χ1v) is 12.4. The van der Waals surface area contributed by atoms with Crippen molar-refractivity contribution >= 4 is 15.9 Å². The highest BCUT2D eigenvalue weighted by atomic mass is 32.2. The van der Waals surface area contributed by atoms with Crippen LogP contribution in [0.3, 0.4) is 0 Å². The Balaban J connectivity index is 1.63. The Hall–Kier alpha value is -1.68. The van der Waals surface area contributed by atoms with Gasteiger partial charge >= 0.3 is 0 Å².